The molecule has 1 fully saturated rings. The Morgan fingerprint density at radius 1 is 0.818 bits per heavy atom. The second-order valence-electron chi connectivity index (χ2n) is 8.18. The van der Waals surface area contributed by atoms with Crippen molar-refractivity contribution in [2.45, 2.75) is 13.8 Å². The molecule has 1 aliphatic rings. The van der Waals surface area contributed by atoms with Crippen molar-refractivity contribution in [3.05, 3.63) is 93.0 Å². The van der Waals surface area contributed by atoms with Crippen LogP contribution < -0.4 is 10.2 Å². The van der Waals surface area contributed by atoms with E-state index in [2.05, 4.69) is 10.2 Å². The first-order valence-corrected chi connectivity index (χ1v) is 11.6. The summed E-state index contributed by atoms with van der Waals surface area (Å²) in [5.41, 5.74) is 4.63. The van der Waals surface area contributed by atoms with E-state index in [9.17, 15) is 9.59 Å². The Kier molecular flexibility index (Phi) is 6.91. The molecule has 1 aliphatic heterocycles. The topological polar surface area (TPSA) is 52.7 Å². The van der Waals surface area contributed by atoms with E-state index >= 15 is 0 Å². The first-order chi connectivity index (χ1) is 15.8. The lowest BCUT2D eigenvalue weighted by atomic mass is 10.1. The summed E-state index contributed by atoms with van der Waals surface area (Å²) in [6, 6.07) is 18.3. The number of nitrogens with one attached hydrogen (secondary N) is 1. The van der Waals surface area contributed by atoms with Crippen molar-refractivity contribution in [2.75, 3.05) is 36.4 Å². The van der Waals surface area contributed by atoms with Gasteiger partial charge in [0.05, 0.1) is 10.7 Å². The minimum Gasteiger partial charge on any atom is -0.367 e. The van der Waals surface area contributed by atoms with E-state index in [1.807, 2.05) is 61.2 Å². The van der Waals surface area contributed by atoms with E-state index < -0.39 is 0 Å². The molecule has 0 spiro atoms. The normalized spacial score (nSPS) is 13.7. The number of hydrogen-bond donors (Lipinski definition) is 1. The molecule has 7 heteroatoms. The third-order valence-electron chi connectivity index (χ3n) is 5.92. The molecule has 4 rings (SSSR count). The van der Waals surface area contributed by atoms with Gasteiger partial charge in [-0.15, -0.1) is 0 Å². The molecule has 0 radical (unpaired) electrons. The fraction of sp³-hybridized carbons (Fsp3) is 0.231. The average molecular weight is 482 g/mol. The summed E-state index contributed by atoms with van der Waals surface area (Å²) in [5.74, 6) is -0.183. The molecule has 33 heavy (non-hydrogen) atoms. The lowest BCUT2D eigenvalue weighted by molar-refractivity contribution is 0.0746. The van der Waals surface area contributed by atoms with E-state index in [0.29, 0.717) is 47.5 Å². The van der Waals surface area contributed by atoms with Gasteiger partial charge in [0.1, 0.15) is 0 Å². The lowest BCUT2D eigenvalue weighted by Gasteiger charge is -2.36. The highest BCUT2D eigenvalue weighted by atomic mass is 35.5. The molecule has 0 atom stereocenters. The van der Waals surface area contributed by atoms with Crippen LogP contribution in [0.1, 0.15) is 31.8 Å². The zero-order valence-corrected chi connectivity index (χ0v) is 20.1. The molecule has 3 aromatic rings. The number of hydrogen-bond acceptors (Lipinski definition) is 3. The third-order valence-corrected chi connectivity index (χ3v) is 6.63. The summed E-state index contributed by atoms with van der Waals surface area (Å²) in [7, 11) is 0. The molecule has 0 unspecified atom stereocenters. The Morgan fingerprint density at radius 3 is 2.21 bits per heavy atom. The largest absolute Gasteiger partial charge is 0.367 e. The fourth-order valence-electron chi connectivity index (χ4n) is 3.91. The maximum Gasteiger partial charge on any atom is 0.255 e. The van der Waals surface area contributed by atoms with Crippen LogP contribution in [0.3, 0.4) is 0 Å². The number of anilines is 2. The van der Waals surface area contributed by atoms with Crippen molar-refractivity contribution >= 4 is 46.4 Å². The number of benzene rings is 3. The van der Waals surface area contributed by atoms with Crippen LogP contribution in [0, 0.1) is 13.8 Å². The van der Waals surface area contributed by atoms with Crippen molar-refractivity contribution in [2.24, 2.45) is 0 Å². The summed E-state index contributed by atoms with van der Waals surface area (Å²) >= 11 is 12.7. The summed E-state index contributed by atoms with van der Waals surface area (Å²) < 4.78 is 0. The lowest BCUT2D eigenvalue weighted by Crippen LogP contribution is -2.49. The number of carbonyl (C=O) groups excluding carboxylic acids is 2. The van der Waals surface area contributed by atoms with Gasteiger partial charge in [0.2, 0.25) is 0 Å². The summed E-state index contributed by atoms with van der Waals surface area (Å²) in [6.07, 6.45) is 0. The molecule has 0 bridgehead atoms. The van der Waals surface area contributed by atoms with E-state index in [1.165, 1.54) is 0 Å². The molecule has 170 valence electrons. The van der Waals surface area contributed by atoms with E-state index in [0.717, 1.165) is 22.4 Å². The molecule has 0 aromatic heterocycles. The van der Waals surface area contributed by atoms with Gasteiger partial charge in [-0.1, -0.05) is 47.5 Å². The van der Waals surface area contributed by atoms with Crippen molar-refractivity contribution in [1.29, 1.82) is 0 Å². The molecule has 1 heterocycles. The highest BCUT2D eigenvalue weighted by molar-refractivity contribution is 6.33. The second kappa shape index (κ2) is 9.86. The predicted molar refractivity (Wildman–Crippen MR) is 135 cm³/mol. The van der Waals surface area contributed by atoms with Crippen molar-refractivity contribution in [1.82, 2.24) is 4.90 Å². The molecular formula is C26H25Cl2N3O2. The number of piperazine rings is 1. The van der Waals surface area contributed by atoms with E-state index in [1.54, 1.807) is 18.2 Å². The highest BCUT2D eigenvalue weighted by Gasteiger charge is 2.24. The Balaban J connectivity index is 1.39. The molecule has 2 amide bonds. The Morgan fingerprint density at radius 2 is 1.55 bits per heavy atom. The molecule has 3 aromatic carbocycles. The summed E-state index contributed by atoms with van der Waals surface area (Å²) in [4.78, 5) is 29.5. The van der Waals surface area contributed by atoms with Gasteiger partial charge in [-0.2, -0.15) is 0 Å². The van der Waals surface area contributed by atoms with Crippen LogP contribution >= 0.6 is 23.2 Å². The first-order valence-electron chi connectivity index (χ1n) is 10.8. The Hall–Kier alpha value is -3.02. The molecule has 5 nitrogen and oxygen atoms in total. The number of nitrogens with zero attached hydrogens (tertiary/aromatic N) is 2. The first kappa shape index (κ1) is 23.1. The van der Waals surface area contributed by atoms with Crippen molar-refractivity contribution < 1.29 is 9.59 Å². The van der Waals surface area contributed by atoms with Crippen LogP contribution in [0.15, 0.2) is 60.7 Å². The van der Waals surface area contributed by atoms with Gasteiger partial charge < -0.3 is 15.1 Å². The number of halogens is 2. The fourth-order valence-corrected chi connectivity index (χ4v) is 4.39. The maximum atomic E-state index is 12.9. The van der Waals surface area contributed by atoms with Gasteiger partial charge in [0, 0.05) is 48.0 Å². The number of rotatable bonds is 4. The molecular weight excluding hydrogens is 457 g/mol. The molecule has 0 saturated carbocycles. The van der Waals surface area contributed by atoms with Gasteiger partial charge in [-0.05, 0) is 61.4 Å². The average Bonchev–Trinajstić information content (AvgIpc) is 2.81. The molecule has 1 saturated heterocycles. The minimum atomic E-state index is -0.246. The SMILES string of the molecule is Cc1ccc(C(=O)Nc2ccc(N3CCN(C(=O)c4ccccc4C)CC3)c(Cl)c2)cc1Cl. The van der Waals surface area contributed by atoms with Gasteiger partial charge in [-0.25, -0.2) is 0 Å². The third kappa shape index (κ3) is 5.15. The van der Waals surface area contributed by atoms with Gasteiger partial charge in [-0.3, -0.25) is 9.59 Å². The highest BCUT2D eigenvalue weighted by Crippen LogP contribution is 2.30. The second-order valence-corrected chi connectivity index (χ2v) is 8.99. The standard InChI is InChI=1S/C26H25Cl2N3O2/c1-17-5-3-4-6-21(17)26(33)31-13-11-30(12-14-31)24-10-9-20(16-23(24)28)29-25(32)19-8-7-18(2)22(27)15-19/h3-10,15-16H,11-14H2,1-2H3,(H,29,32). The minimum absolute atomic E-state index is 0.0631. The van der Waals surface area contributed by atoms with Crippen LogP contribution in [0.25, 0.3) is 0 Å². The van der Waals surface area contributed by atoms with Gasteiger partial charge in [0.25, 0.3) is 11.8 Å². The smallest absolute Gasteiger partial charge is 0.255 e. The number of aryl methyl sites for hydroxylation is 2. The van der Waals surface area contributed by atoms with Crippen molar-refractivity contribution in [3.63, 3.8) is 0 Å². The predicted octanol–water partition coefficient (Wildman–Crippen LogP) is 5.82. The Labute approximate surface area is 203 Å². The monoisotopic (exact) mass is 481 g/mol. The van der Waals surface area contributed by atoms with E-state index in [-0.39, 0.29) is 11.8 Å². The quantitative estimate of drug-likeness (QED) is 0.510. The van der Waals surface area contributed by atoms with Gasteiger partial charge in [0.15, 0.2) is 0 Å². The Bertz CT molecular complexity index is 1200. The van der Waals surface area contributed by atoms with E-state index in [4.69, 9.17) is 23.2 Å². The van der Waals surface area contributed by atoms with Crippen LogP contribution in [0.4, 0.5) is 11.4 Å². The van der Waals surface area contributed by atoms with Crippen LogP contribution in [0.2, 0.25) is 10.0 Å². The molecule has 0 aliphatic carbocycles. The van der Waals surface area contributed by atoms with Crippen LogP contribution in [0.5, 0.6) is 0 Å². The van der Waals surface area contributed by atoms with Crippen LogP contribution in [-0.4, -0.2) is 42.9 Å². The number of carbonyl (C=O) groups is 2. The van der Waals surface area contributed by atoms with Crippen LogP contribution in [-0.2, 0) is 0 Å². The van der Waals surface area contributed by atoms with Crippen molar-refractivity contribution in [3.8, 4) is 0 Å². The number of amides is 2. The van der Waals surface area contributed by atoms with Gasteiger partial charge >= 0.3 is 0 Å². The summed E-state index contributed by atoms with van der Waals surface area (Å²) in [6.45, 7) is 6.46. The zero-order valence-electron chi connectivity index (χ0n) is 18.6. The zero-order chi connectivity index (χ0) is 23.5. The summed E-state index contributed by atoms with van der Waals surface area (Å²) in [5, 5.41) is 3.97. The maximum absolute atomic E-state index is 12.9. The molecule has 1 N–H and O–H groups in total.